The first-order chi connectivity index (χ1) is 5.64. The Hall–Kier alpha value is -1.22. The second-order valence-corrected chi connectivity index (χ2v) is 3.01. The maximum absolute atomic E-state index is 10.4. The van der Waals surface area contributed by atoms with Crippen molar-refractivity contribution in [3.8, 4) is 0 Å². The molecule has 0 aliphatic heterocycles. The molecule has 3 heteroatoms. The van der Waals surface area contributed by atoms with Crippen molar-refractivity contribution in [3.05, 3.63) is 30.1 Å². The van der Waals surface area contributed by atoms with Crippen LogP contribution in [0.2, 0.25) is 0 Å². The molecule has 1 heterocycles. The van der Waals surface area contributed by atoms with E-state index in [4.69, 9.17) is 0 Å². The normalized spacial score (nSPS) is 15.2. The largest absolute Gasteiger partial charge is 0.382 e. The van der Waals surface area contributed by atoms with E-state index in [1.54, 1.807) is 24.5 Å². The van der Waals surface area contributed by atoms with Crippen molar-refractivity contribution >= 4 is 6.29 Å². The summed E-state index contributed by atoms with van der Waals surface area (Å²) in [7, 11) is 0. The van der Waals surface area contributed by atoms with E-state index in [2.05, 4.69) is 4.98 Å². The van der Waals surface area contributed by atoms with Gasteiger partial charge in [0.25, 0.3) is 0 Å². The molecule has 0 radical (unpaired) electrons. The standard InChI is InChI=1S/C9H11NO2/c1-9(12,7-11)6-8-2-4-10-5-3-8/h2-5,7,12H,6H2,1H3. The Morgan fingerprint density at radius 2 is 2.17 bits per heavy atom. The van der Waals surface area contributed by atoms with E-state index in [0.717, 1.165) is 5.56 Å². The first kappa shape index (κ1) is 8.87. The minimum absolute atomic E-state index is 0.332. The smallest absolute Gasteiger partial charge is 0.151 e. The zero-order chi connectivity index (χ0) is 9.03. The van der Waals surface area contributed by atoms with Crippen LogP contribution >= 0.6 is 0 Å². The fourth-order valence-corrected chi connectivity index (χ4v) is 0.956. The van der Waals surface area contributed by atoms with Crippen LogP contribution < -0.4 is 0 Å². The first-order valence-electron chi connectivity index (χ1n) is 3.72. The van der Waals surface area contributed by atoms with Crippen molar-refractivity contribution < 1.29 is 9.90 Å². The van der Waals surface area contributed by atoms with E-state index in [0.29, 0.717) is 12.7 Å². The van der Waals surface area contributed by atoms with Gasteiger partial charge in [0.2, 0.25) is 0 Å². The van der Waals surface area contributed by atoms with E-state index < -0.39 is 5.60 Å². The van der Waals surface area contributed by atoms with E-state index in [-0.39, 0.29) is 0 Å². The lowest BCUT2D eigenvalue weighted by molar-refractivity contribution is -0.122. The number of carbonyl (C=O) groups excluding carboxylic acids is 1. The molecule has 12 heavy (non-hydrogen) atoms. The summed E-state index contributed by atoms with van der Waals surface area (Å²) in [6.45, 7) is 1.49. The van der Waals surface area contributed by atoms with Gasteiger partial charge in [0.1, 0.15) is 5.60 Å². The number of nitrogens with zero attached hydrogens (tertiary/aromatic N) is 1. The number of aliphatic hydroxyl groups is 1. The fourth-order valence-electron chi connectivity index (χ4n) is 0.956. The minimum Gasteiger partial charge on any atom is -0.382 e. The Labute approximate surface area is 71.1 Å². The van der Waals surface area contributed by atoms with Crippen LogP contribution in [0.15, 0.2) is 24.5 Å². The van der Waals surface area contributed by atoms with Crippen molar-refractivity contribution in [2.45, 2.75) is 18.9 Å². The van der Waals surface area contributed by atoms with Gasteiger partial charge in [-0.2, -0.15) is 0 Å². The van der Waals surface area contributed by atoms with Gasteiger partial charge in [-0.1, -0.05) is 0 Å². The summed E-state index contributed by atoms with van der Waals surface area (Å²) in [5.41, 5.74) is -0.358. The third-order valence-electron chi connectivity index (χ3n) is 1.57. The molecule has 0 aliphatic rings. The lowest BCUT2D eigenvalue weighted by Gasteiger charge is -2.14. The van der Waals surface area contributed by atoms with Gasteiger partial charge in [-0.25, -0.2) is 0 Å². The third-order valence-corrected chi connectivity index (χ3v) is 1.57. The van der Waals surface area contributed by atoms with Gasteiger partial charge in [0.05, 0.1) is 0 Å². The summed E-state index contributed by atoms with van der Waals surface area (Å²) < 4.78 is 0. The maximum atomic E-state index is 10.4. The number of aldehydes is 1. The predicted molar refractivity (Wildman–Crippen MR) is 44.6 cm³/mol. The van der Waals surface area contributed by atoms with Gasteiger partial charge >= 0.3 is 0 Å². The second-order valence-electron chi connectivity index (χ2n) is 3.01. The molecule has 0 saturated heterocycles. The molecule has 0 amide bonds. The molecule has 0 saturated carbocycles. The lowest BCUT2D eigenvalue weighted by Crippen LogP contribution is -2.28. The SMILES string of the molecule is CC(O)(C=O)Cc1ccncc1. The summed E-state index contributed by atoms with van der Waals surface area (Å²) in [5, 5.41) is 9.39. The first-order valence-corrected chi connectivity index (χ1v) is 3.72. The summed E-state index contributed by atoms with van der Waals surface area (Å²) >= 11 is 0. The molecule has 1 aromatic rings. The average molecular weight is 165 g/mol. The lowest BCUT2D eigenvalue weighted by atomic mass is 9.99. The summed E-state index contributed by atoms with van der Waals surface area (Å²) in [4.78, 5) is 14.2. The number of hydrogen-bond donors (Lipinski definition) is 1. The second kappa shape index (κ2) is 3.45. The van der Waals surface area contributed by atoms with Crippen LogP contribution in [0.5, 0.6) is 0 Å². The average Bonchev–Trinajstić information content (AvgIpc) is 2.06. The highest BCUT2D eigenvalue weighted by atomic mass is 16.3. The molecule has 1 rings (SSSR count). The molecular formula is C9H11NO2. The van der Waals surface area contributed by atoms with E-state index in [1.165, 1.54) is 6.92 Å². The number of rotatable bonds is 3. The number of hydrogen-bond acceptors (Lipinski definition) is 3. The highest BCUT2D eigenvalue weighted by Crippen LogP contribution is 2.08. The summed E-state index contributed by atoms with van der Waals surface area (Å²) in [6.07, 6.45) is 4.15. The summed E-state index contributed by atoms with van der Waals surface area (Å²) in [6, 6.07) is 3.55. The zero-order valence-electron chi connectivity index (χ0n) is 6.90. The molecule has 0 aromatic carbocycles. The van der Waals surface area contributed by atoms with Gasteiger partial charge in [-0.05, 0) is 24.6 Å². The van der Waals surface area contributed by atoms with Gasteiger partial charge in [-0.15, -0.1) is 0 Å². The van der Waals surface area contributed by atoms with Crippen LogP contribution in [0.25, 0.3) is 0 Å². The van der Waals surface area contributed by atoms with Crippen LogP contribution in [0.4, 0.5) is 0 Å². The highest BCUT2D eigenvalue weighted by Gasteiger charge is 2.18. The number of carbonyl (C=O) groups is 1. The molecule has 1 aromatic heterocycles. The van der Waals surface area contributed by atoms with Gasteiger partial charge in [-0.3, -0.25) is 4.98 Å². The Morgan fingerprint density at radius 1 is 1.58 bits per heavy atom. The van der Waals surface area contributed by atoms with E-state index >= 15 is 0 Å². The molecule has 3 nitrogen and oxygen atoms in total. The minimum atomic E-state index is -1.26. The Kier molecular flexibility index (Phi) is 2.55. The monoisotopic (exact) mass is 165 g/mol. The van der Waals surface area contributed by atoms with Crippen LogP contribution in [0.1, 0.15) is 12.5 Å². The Bertz CT molecular complexity index is 256. The fraction of sp³-hybridized carbons (Fsp3) is 0.333. The van der Waals surface area contributed by atoms with Crippen molar-refractivity contribution in [1.29, 1.82) is 0 Å². The molecule has 64 valence electrons. The Morgan fingerprint density at radius 3 is 2.67 bits per heavy atom. The number of aromatic nitrogens is 1. The van der Waals surface area contributed by atoms with Crippen LogP contribution in [-0.4, -0.2) is 22.0 Å². The van der Waals surface area contributed by atoms with Crippen molar-refractivity contribution in [2.75, 3.05) is 0 Å². The molecule has 1 N–H and O–H groups in total. The van der Waals surface area contributed by atoms with Gasteiger partial charge in [0, 0.05) is 18.8 Å². The molecule has 0 fully saturated rings. The van der Waals surface area contributed by atoms with Gasteiger partial charge in [0.15, 0.2) is 6.29 Å². The third kappa shape index (κ3) is 2.43. The topological polar surface area (TPSA) is 50.2 Å². The molecule has 0 spiro atoms. The number of pyridine rings is 1. The molecule has 0 aliphatic carbocycles. The summed E-state index contributed by atoms with van der Waals surface area (Å²) in [5.74, 6) is 0. The Balaban J connectivity index is 2.70. The van der Waals surface area contributed by atoms with Crippen LogP contribution in [-0.2, 0) is 11.2 Å². The van der Waals surface area contributed by atoms with Crippen molar-refractivity contribution in [2.24, 2.45) is 0 Å². The highest BCUT2D eigenvalue weighted by molar-refractivity contribution is 5.61. The zero-order valence-corrected chi connectivity index (χ0v) is 6.90. The van der Waals surface area contributed by atoms with Gasteiger partial charge < -0.3 is 9.90 Å². The predicted octanol–water partition coefficient (Wildman–Crippen LogP) is 0.574. The van der Waals surface area contributed by atoms with E-state index in [1.807, 2.05) is 0 Å². The molecular weight excluding hydrogens is 154 g/mol. The quantitative estimate of drug-likeness (QED) is 0.666. The molecule has 1 unspecified atom stereocenters. The molecule has 0 bridgehead atoms. The van der Waals surface area contributed by atoms with Crippen LogP contribution in [0.3, 0.4) is 0 Å². The van der Waals surface area contributed by atoms with Crippen molar-refractivity contribution in [3.63, 3.8) is 0 Å². The maximum Gasteiger partial charge on any atom is 0.151 e. The van der Waals surface area contributed by atoms with E-state index in [9.17, 15) is 9.90 Å². The van der Waals surface area contributed by atoms with Crippen molar-refractivity contribution in [1.82, 2.24) is 4.98 Å². The molecule has 1 atom stereocenters. The van der Waals surface area contributed by atoms with Crippen LogP contribution in [0, 0.1) is 0 Å².